The van der Waals surface area contributed by atoms with Gasteiger partial charge in [0.05, 0.1) is 6.20 Å². The molecule has 0 unspecified atom stereocenters. The summed E-state index contributed by atoms with van der Waals surface area (Å²) >= 11 is 0. The molecule has 0 saturated heterocycles. The lowest BCUT2D eigenvalue weighted by Gasteiger charge is -2.16. The van der Waals surface area contributed by atoms with E-state index < -0.39 is 47.3 Å². The molecule has 9 heteroatoms. The third-order valence-corrected chi connectivity index (χ3v) is 3.60. The second-order valence-electron chi connectivity index (χ2n) is 5.03. The van der Waals surface area contributed by atoms with Crippen molar-refractivity contribution in [2.75, 3.05) is 0 Å². The molecule has 0 aliphatic heterocycles. The number of halogens is 6. The van der Waals surface area contributed by atoms with E-state index in [1.165, 1.54) is 0 Å². The number of pyridine rings is 2. The summed E-state index contributed by atoms with van der Waals surface area (Å²) in [5.74, 6) is -0.804. The van der Waals surface area contributed by atoms with Crippen molar-refractivity contribution in [3.05, 3.63) is 47.3 Å². The molecule has 3 nitrogen and oxygen atoms in total. The first-order valence-electron chi connectivity index (χ1n) is 6.39. The van der Waals surface area contributed by atoms with Crippen molar-refractivity contribution in [1.29, 1.82) is 0 Å². The molecule has 2 aromatic heterocycles. The van der Waals surface area contributed by atoms with Crippen molar-refractivity contribution in [3.63, 3.8) is 0 Å². The van der Waals surface area contributed by atoms with E-state index >= 15 is 0 Å². The van der Waals surface area contributed by atoms with Crippen molar-refractivity contribution in [2.45, 2.75) is 24.6 Å². The molecule has 0 aromatic carbocycles. The highest BCUT2D eigenvalue weighted by Crippen LogP contribution is 2.50. The summed E-state index contributed by atoms with van der Waals surface area (Å²) in [6.45, 7) is 0. The van der Waals surface area contributed by atoms with Crippen molar-refractivity contribution < 1.29 is 31.4 Å². The Balaban J connectivity index is 2.30. The van der Waals surface area contributed by atoms with E-state index in [1.54, 1.807) is 0 Å². The standard InChI is InChI=1S/C14H8F6N2O/c15-6-1-5(2-21-3-6)7-4-22-13(14(18,19)20)9-8(7)10(16)11(17)12(9)23/h1-4,10-12,23H/t10-,11-,12+/m1/s1. The Hall–Kier alpha value is -2.16. The second kappa shape index (κ2) is 5.19. The SMILES string of the molecule is O[C@H]1c2c(C(F)(F)F)ncc(-c3cncc(F)c3)c2[C@@H](F)[C@H]1F. The average molecular weight is 334 g/mol. The van der Waals surface area contributed by atoms with Crippen LogP contribution < -0.4 is 0 Å². The molecule has 0 radical (unpaired) electrons. The molecule has 0 spiro atoms. The highest BCUT2D eigenvalue weighted by atomic mass is 19.4. The third-order valence-electron chi connectivity index (χ3n) is 3.60. The molecule has 23 heavy (non-hydrogen) atoms. The fraction of sp³-hybridized carbons (Fsp3) is 0.286. The van der Waals surface area contributed by atoms with E-state index in [4.69, 9.17) is 0 Å². The van der Waals surface area contributed by atoms with E-state index in [2.05, 4.69) is 9.97 Å². The monoisotopic (exact) mass is 334 g/mol. The summed E-state index contributed by atoms with van der Waals surface area (Å²) in [5.41, 5.74) is -3.51. The summed E-state index contributed by atoms with van der Waals surface area (Å²) in [6, 6.07) is 0.905. The summed E-state index contributed by atoms with van der Waals surface area (Å²) < 4.78 is 80.0. The molecule has 1 aliphatic carbocycles. The van der Waals surface area contributed by atoms with Gasteiger partial charge in [0.2, 0.25) is 0 Å². The number of alkyl halides is 5. The van der Waals surface area contributed by atoms with E-state index in [-0.39, 0.29) is 11.1 Å². The average Bonchev–Trinajstić information content (AvgIpc) is 2.71. The minimum absolute atomic E-state index is 0.0635. The molecule has 0 saturated carbocycles. The minimum Gasteiger partial charge on any atom is -0.385 e. The first-order valence-corrected chi connectivity index (χ1v) is 6.39. The molecule has 3 atom stereocenters. The van der Waals surface area contributed by atoms with Crippen molar-refractivity contribution >= 4 is 0 Å². The Morgan fingerprint density at radius 2 is 1.74 bits per heavy atom. The predicted molar refractivity (Wildman–Crippen MR) is 66.1 cm³/mol. The summed E-state index contributed by atoms with van der Waals surface area (Å²) in [5, 5.41) is 9.65. The topological polar surface area (TPSA) is 46.0 Å². The summed E-state index contributed by atoms with van der Waals surface area (Å²) in [6.07, 6.45) is -9.73. The quantitative estimate of drug-likeness (QED) is 0.809. The van der Waals surface area contributed by atoms with Gasteiger partial charge in [-0.05, 0) is 6.07 Å². The highest BCUT2D eigenvalue weighted by Gasteiger charge is 2.49. The number of aliphatic hydroxyl groups is 1. The predicted octanol–water partition coefficient (Wildman–Crippen LogP) is 3.70. The molecule has 2 aromatic rings. The first-order chi connectivity index (χ1) is 10.7. The molecular formula is C14H8F6N2O. The maximum atomic E-state index is 14.1. The fourth-order valence-corrected chi connectivity index (χ4v) is 2.63. The number of aromatic nitrogens is 2. The van der Waals surface area contributed by atoms with Crippen LogP contribution in [0.3, 0.4) is 0 Å². The number of hydrogen-bond donors (Lipinski definition) is 1. The molecule has 1 N–H and O–H groups in total. The number of fused-ring (bicyclic) bond motifs is 1. The Bertz CT molecular complexity index is 763. The second-order valence-corrected chi connectivity index (χ2v) is 5.03. The van der Waals surface area contributed by atoms with Gasteiger partial charge in [0, 0.05) is 34.6 Å². The van der Waals surface area contributed by atoms with Crippen LogP contribution in [0.15, 0.2) is 24.7 Å². The zero-order valence-electron chi connectivity index (χ0n) is 11.2. The van der Waals surface area contributed by atoms with Crippen LogP contribution in [0.25, 0.3) is 11.1 Å². The molecular weight excluding hydrogens is 326 g/mol. The molecule has 0 bridgehead atoms. The van der Waals surface area contributed by atoms with Gasteiger partial charge < -0.3 is 5.11 Å². The first kappa shape index (κ1) is 15.7. The zero-order chi connectivity index (χ0) is 16.9. The molecule has 0 amide bonds. The van der Waals surface area contributed by atoms with Crippen LogP contribution in [0.5, 0.6) is 0 Å². The lowest BCUT2D eigenvalue weighted by atomic mass is 9.97. The van der Waals surface area contributed by atoms with E-state index in [0.29, 0.717) is 6.20 Å². The molecule has 122 valence electrons. The van der Waals surface area contributed by atoms with Gasteiger partial charge in [-0.15, -0.1) is 0 Å². The number of nitrogens with zero attached hydrogens (tertiary/aromatic N) is 2. The van der Waals surface area contributed by atoms with Crippen molar-refractivity contribution in [2.24, 2.45) is 0 Å². The van der Waals surface area contributed by atoms with Gasteiger partial charge in [0.1, 0.15) is 11.9 Å². The van der Waals surface area contributed by atoms with Gasteiger partial charge in [0.15, 0.2) is 18.0 Å². The normalized spacial score (nSPS) is 23.9. The van der Waals surface area contributed by atoms with Gasteiger partial charge >= 0.3 is 6.18 Å². The molecule has 0 fully saturated rings. The fourth-order valence-electron chi connectivity index (χ4n) is 2.63. The van der Waals surface area contributed by atoms with Crippen LogP contribution in [0.4, 0.5) is 26.3 Å². The number of aliphatic hydroxyl groups excluding tert-OH is 1. The maximum absolute atomic E-state index is 14.1. The zero-order valence-corrected chi connectivity index (χ0v) is 11.2. The summed E-state index contributed by atoms with van der Waals surface area (Å²) in [7, 11) is 0. The van der Waals surface area contributed by atoms with Gasteiger partial charge in [0.25, 0.3) is 0 Å². The molecule has 1 aliphatic rings. The van der Waals surface area contributed by atoms with Crippen molar-refractivity contribution in [1.82, 2.24) is 9.97 Å². The highest BCUT2D eigenvalue weighted by molar-refractivity contribution is 5.70. The van der Waals surface area contributed by atoms with Gasteiger partial charge in [-0.2, -0.15) is 13.2 Å². The van der Waals surface area contributed by atoms with Crippen LogP contribution in [0, 0.1) is 5.82 Å². The molecule has 2 heterocycles. The van der Waals surface area contributed by atoms with Gasteiger partial charge in [-0.3, -0.25) is 9.97 Å². The lowest BCUT2D eigenvalue weighted by molar-refractivity contribution is -0.143. The Morgan fingerprint density at radius 3 is 2.35 bits per heavy atom. The van der Waals surface area contributed by atoms with Crippen LogP contribution >= 0.6 is 0 Å². The number of hydrogen-bond acceptors (Lipinski definition) is 3. The van der Waals surface area contributed by atoms with E-state index in [0.717, 1.165) is 18.5 Å². The summed E-state index contributed by atoms with van der Waals surface area (Å²) in [4.78, 5) is 6.70. The third kappa shape index (κ3) is 2.44. The lowest BCUT2D eigenvalue weighted by Crippen LogP contribution is -2.16. The van der Waals surface area contributed by atoms with Crippen LogP contribution in [0.2, 0.25) is 0 Å². The van der Waals surface area contributed by atoms with Gasteiger partial charge in [-0.1, -0.05) is 0 Å². The molecule has 3 rings (SSSR count). The Kier molecular flexibility index (Phi) is 3.55. The smallest absolute Gasteiger partial charge is 0.385 e. The van der Waals surface area contributed by atoms with Gasteiger partial charge in [-0.25, -0.2) is 13.2 Å². The number of rotatable bonds is 1. The van der Waals surface area contributed by atoms with Crippen LogP contribution in [-0.2, 0) is 6.18 Å². The van der Waals surface area contributed by atoms with Crippen LogP contribution in [-0.4, -0.2) is 21.2 Å². The van der Waals surface area contributed by atoms with E-state index in [1.807, 2.05) is 0 Å². The van der Waals surface area contributed by atoms with E-state index in [9.17, 15) is 31.4 Å². The minimum atomic E-state index is -4.99. The maximum Gasteiger partial charge on any atom is 0.433 e. The Morgan fingerprint density at radius 1 is 1.04 bits per heavy atom. The largest absolute Gasteiger partial charge is 0.433 e. The Labute approximate surface area is 125 Å². The van der Waals surface area contributed by atoms with Crippen molar-refractivity contribution in [3.8, 4) is 11.1 Å². The van der Waals surface area contributed by atoms with Crippen LogP contribution in [0.1, 0.15) is 29.1 Å².